The highest BCUT2D eigenvalue weighted by Crippen LogP contribution is 2.37. The fourth-order valence-corrected chi connectivity index (χ4v) is 5.16. The van der Waals surface area contributed by atoms with Gasteiger partial charge >= 0.3 is 5.97 Å². The van der Waals surface area contributed by atoms with Gasteiger partial charge in [0.25, 0.3) is 5.69 Å². The number of rotatable bonds is 10. The summed E-state index contributed by atoms with van der Waals surface area (Å²) in [5.41, 5.74) is 2.63. The molecule has 1 aliphatic heterocycles. The zero-order valence-electron chi connectivity index (χ0n) is 24.3. The summed E-state index contributed by atoms with van der Waals surface area (Å²) in [6.45, 7) is 9.83. The van der Waals surface area contributed by atoms with Crippen molar-refractivity contribution in [3.8, 4) is 5.75 Å². The van der Waals surface area contributed by atoms with Crippen LogP contribution in [0.5, 0.6) is 5.75 Å². The van der Waals surface area contributed by atoms with Gasteiger partial charge < -0.3 is 14.4 Å². The standard InChI is InChI=1S/C33H38N2O6/c1-6-22(2)30(32(37)41-33(3,4)5)34-20-25-19-26(35(38)39)14-17-28(25)29(31(34)36)18-23-12-15-27(16-13-23)40-21-24-10-8-7-9-11-24/h7-17,19,22,29-30H,6,18,20-21H2,1-5H3/t22-,29-,30-/m0/s1. The lowest BCUT2D eigenvalue weighted by Gasteiger charge is -2.41. The van der Waals surface area contributed by atoms with E-state index in [0.29, 0.717) is 30.8 Å². The molecule has 0 bridgehead atoms. The van der Waals surface area contributed by atoms with Gasteiger partial charge in [0.2, 0.25) is 5.91 Å². The Morgan fingerprint density at radius 3 is 2.34 bits per heavy atom. The van der Waals surface area contributed by atoms with Crippen LogP contribution in [0.4, 0.5) is 5.69 Å². The van der Waals surface area contributed by atoms with Crippen molar-refractivity contribution >= 4 is 17.6 Å². The average Bonchev–Trinajstić information content (AvgIpc) is 2.93. The number of benzene rings is 3. The first kappa shape index (κ1) is 29.8. The molecule has 1 aliphatic rings. The van der Waals surface area contributed by atoms with E-state index >= 15 is 0 Å². The van der Waals surface area contributed by atoms with Crippen LogP contribution in [-0.2, 0) is 33.9 Å². The van der Waals surface area contributed by atoms with E-state index < -0.39 is 28.5 Å². The highest BCUT2D eigenvalue weighted by Gasteiger charge is 2.43. The summed E-state index contributed by atoms with van der Waals surface area (Å²) < 4.78 is 11.7. The Morgan fingerprint density at radius 1 is 1.05 bits per heavy atom. The van der Waals surface area contributed by atoms with Crippen molar-refractivity contribution in [1.82, 2.24) is 4.90 Å². The van der Waals surface area contributed by atoms with Crippen LogP contribution in [0.3, 0.4) is 0 Å². The van der Waals surface area contributed by atoms with Gasteiger partial charge in [0, 0.05) is 18.7 Å². The van der Waals surface area contributed by atoms with E-state index in [9.17, 15) is 19.7 Å². The van der Waals surface area contributed by atoms with Gasteiger partial charge in [0.15, 0.2) is 0 Å². The molecule has 0 fully saturated rings. The van der Waals surface area contributed by atoms with Gasteiger partial charge in [-0.05, 0) is 67.5 Å². The van der Waals surface area contributed by atoms with Crippen molar-refractivity contribution in [2.24, 2.45) is 5.92 Å². The van der Waals surface area contributed by atoms with Crippen LogP contribution in [0.2, 0.25) is 0 Å². The van der Waals surface area contributed by atoms with Crippen LogP contribution >= 0.6 is 0 Å². The third-order valence-corrected chi connectivity index (χ3v) is 7.41. The van der Waals surface area contributed by atoms with Gasteiger partial charge in [-0.1, -0.05) is 68.8 Å². The number of carbonyl (C=O) groups excluding carboxylic acids is 2. The molecule has 3 aromatic carbocycles. The molecule has 3 aromatic rings. The summed E-state index contributed by atoms with van der Waals surface area (Å²) in [5, 5.41) is 11.6. The number of nitrogens with zero attached hydrogens (tertiary/aromatic N) is 2. The highest BCUT2D eigenvalue weighted by molar-refractivity contribution is 5.91. The van der Waals surface area contributed by atoms with Crippen molar-refractivity contribution in [3.05, 3.63) is 105 Å². The van der Waals surface area contributed by atoms with Crippen LogP contribution in [-0.4, -0.2) is 33.3 Å². The fourth-order valence-electron chi connectivity index (χ4n) is 5.16. The molecule has 1 heterocycles. The van der Waals surface area contributed by atoms with Crippen molar-refractivity contribution in [1.29, 1.82) is 0 Å². The van der Waals surface area contributed by atoms with E-state index in [4.69, 9.17) is 9.47 Å². The smallest absolute Gasteiger partial charge is 0.329 e. The van der Waals surface area contributed by atoms with Gasteiger partial charge in [-0.3, -0.25) is 14.9 Å². The topological polar surface area (TPSA) is 99.0 Å². The second-order valence-corrected chi connectivity index (χ2v) is 11.6. The maximum atomic E-state index is 14.1. The van der Waals surface area contributed by atoms with Crippen LogP contribution in [0, 0.1) is 16.0 Å². The first-order chi connectivity index (χ1) is 19.5. The van der Waals surface area contributed by atoms with Crippen molar-refractivity contribution in [2.45, 2.75) is 78.2 Å². The number of amides is 1. The van der Waals surface area contributed by atoms with Gasteiger partial charge in [-0.2, -0.15) is 0 Å². The summed E-state index contributed by atoms with van der Waals surface area (Å²) >= 11 is 0. The molecule has 8 heteroatoms. The number of ether oxygens (including phenoxy) is 2. The zero-order chi connectivity index (χ0) is 29.7. The van der Waals surface area contributed by atoms with E-state index in [1.807, 2.05) is 68.4 Å². The van der Waals surface area contributed by atoms with E-state index in [-0.39, 0.29) is 24.1 Å². The molecule has 0 aromatic heterocycles. The van der Waals surface area contributed by atoms with Crippen LogP contribution in [0.1, 0.15) is 69.2 Å². The number of carbonyl (C=O) groups is 2. The summed E-state index contributed by atoms with van der Waals surface area (Å²) in [5.74, 6) is -0.716. The van der Waals surface area contributed by atoms with Crippen molar-refractivity contribution < 1.29 is 24.0 Å². The summed E-state index contributed by atoms with van der Waals surface area (Å²) in [7, 11) is 0. The largest absolute Gasteiger partial charge is 0.489 e. The molecule has 0 aliphatic carbocycles. The molecular formula is C33H38N2O6. The van der Waals surface area contributed by atoms with Crippen LogP contribution in [0.25, 0.3) is 0 Å². The van der Waals surface area contributed by atoms with E-state index in [1.54, 1.807) is 31.7 Å². The number of hydrogen-bond donors (Lipinski definition) is 0. The Balaban J connectivity index is 1.63. The molecule has 1 amide bonds. The first-order valence-electron chi connectivity index (χ1n) is 14.0. The van der Waals surface area contributed by atoms with Crippen LogP contribution < -0.4 is 4.74 Å². The molecule has 0 radical (unpaired) electrons. The second kappa shape index (κ2) is 12.5. The van der Waals surface area contributed by atoms with E-state index in [1.165, 1.54) is 12.1 Å². The predicted octanol–water partition coefficient (Wildman–Crippen LogP) is 6.60. The number of hydrogen-bond acceptors (Lipinski definition) is 6. The van der Waals surface area contributed by atoms with Crippen molar-refractivity contribution in [2.75, 3.05) is 0 Å². The lowest BCUT2D eigenvalue weighted by atomic mass is 9.82. The number of non-ortho nitro benzene ring substituents is 1. The van der Waals surface area contributed by atoms with Gasteiger partial charge in [-0.25, -0.2) is 4.79 Å². The number of nitro groups is 1. The molecule has 0 unspecified atom stereocenters. The Hall–Kier alpha value is -4.20. The maximum absolute atomic E-state index is 14.1. The normalized spacial score (nSPS) is 16.5. The van der Waals surface area contributed by atoms with Gasteiger partial charge in [-0.15, -0.1) is 0 Å². The quantitative estimate of drug-likeness (QED) is 0.158. The summed E-state index contributed by atoms with van der Waals surface area (Å²) in [4.78, 5) is 40.2. The number of esters is 1. The van der Waals surface area contributed by atoms with Gasteiger partial charge in [0.05, 0.1) is 10.8 Å². The molecule has 0 spiro atoms. The fraction of sp³-hybridized carbons (Fsp3) is 0.394. The summed E-state index contributed by atoms with van der Waals surface area (Å²) in [6.07, 6.45) is 1.03. The molecule has 0 saturated heterocycles. The zero-order valence-corrected chi connectivity index (χ0v) is 24.3. The number of fused-ring (bicyclic) bond motifs is 1. The third kappa shape index (κ3) is 7.31. The molecule has 0 N–H and O–H groups in total. The minimum atomic E-state index is -0.810. The van der Waals surface area contributed by atoms with Crippen molar-refractivity contribution in [3.63, 3.8) is 0 Å². The molecule has 0 saturated carbocycles. The molecule has 3 atom stereocenters. The van der Waals surface area contributed by atoms with E-state index in [2.05, 4.69) is 0 Å². The van der Waals surface area contributed by atoms with E-state index in [0.717, 1.165) is 16.7 Å². The molecular weight excluding hydrogens is 520 g/mol. The Bertz CT molecular complexity index is 1380. The Kier molecular flexibility index (Phi) is 9.11. The SMILES string of the molecule is CC[C@H](C)[C@@H](C(=O)OC(C)(C)C)N1Cc2cc([N+](=O)[O-])ccc2[C@H](Cc2ccc(OCc3ccccc3)cc2)C1=O. The average molecular weight is 559 g/mol. The Labute approximate surface area is 241 Å². The molecule has 216 valence electrons. The minimum Gasteiger partial charge on any atom is -0.489 e. The maximum Gasteiger partial charge on any atom is 0.329 e. The monoisotopic (exact) mass is 558 g/mol. The molecule has 41 heavy (non-hydrogen) atoms. The predicted molar refractivity (Wildman–Crippen MR) is 156 cm³/mol. The highest BCUT2D eigenvalue weighted by atomic mass is 16.6. The minimum absolute atomic E-state index is 0.0472. The van der Waals surface area contributed by atoms with Crippen LogP contribution in [0.15, 0.2) is 72.8 Å². The number of nitro benzene ring substituents is 1. The third-order valence-electron chi connectivity index (χ3n) is 7.41. The molecule has 8 nitrogen and oxygen atoms in total. The first-order valence-corrected chi connectivity index (χ1v) is 14.0. The second-order valence-electron chi connectivity index (χ2n) is 11.6. The summed E-state index contributed by atoms with van der Waals surface area (Å²) in [6, 6.07) is 21.3. The Morgan fingerprint density at radius 2 is 1.73 bits per heavy atom. The lowest BCUT2D eigenvalue weighted by Crippen LogP contribution is -2.53. The lowest BCUT2D eigenvalue weighted by molar-refractivity contribution is -0.385. The van der Waals surface area contributed by atoms with Gasteiger partial charge in [0.1, 0.15) is 24.0 Å². The molecule has 4 rings (SSSR count).